The van der Waals surface area contributed by atoms with Crippen molar-refractivity contribution in [2.75, 3.05) is 0 Å². The van der Waals surface area contributed by atoms with E-state index in [2.05, 4.69) is 30.4 Å². The Bertz CT molecular complexity index is 426. The fourth-order valence-corrected chi connectivity index (χ4v) is 1.06. The Morgan fingerprint density at radius 3 is 2.33 bits per heavy atom. The quantitative estimate of drug-likeness (QED) is 0.506. The normalized spacial score (nSPS) is 10.7. The molecule has 0 saturated carbocycles. The van der Waals surface area contributed by atoms with Crippen LogP contribution >= 0.6 is 34.8 Å². The topological polar surface area (TPSA) is 25.2 Å². The van der Waals surface area contributed by atoms with Crippen LogP contribution in [0.2, 0.25) is 5.15 Å². The van der Waals surface area contributed by atoms with Gasteiger partial charge in [-0.2, -0.15) is 0 Å². The van der Waals surface area contributed by atoms with Crippen molar-refractivity contribution in [3.8, 4) is 0 Å². The average Bonchev–Trinajstić information content (AvgIpc) is 2.34. The number of halogens is 3. The first-order chi connectivity index (χ1) is 8.42. The maximum Gasteiger partial charge on any atom is 0.147 e. The molecule has 1 rings (SSSR count). The van der Waals surface area contributed by atoms with Gasteiger partial charge in [-0.25, -0.2) is 9.98 Å². The minimum absolute atomic E-state index is 0.150. The van der Waals surface area contributed by atoms with Crippen molar-refractivity contribution in [2.24, 2.45) is 4.99 Å². The highest BCUT2D eigenvalue weighted by atomic mass is 35.5. The Labute approximate surface area is 124 Å². The van der Waals surface area contributed by atoms with Crippen LogP contribution in [0.5, 0.6) is 0 Å². The van der Waals surface area contributed by atoms with E-state index in [9.17, 15) is 0 Å². The van der Waals surface area contributed by atoms with Crippen molar-refractivity contribution in [3.05, 3.63) is 34.6 Å². The Hall–Kier alpha value is -0.570. The largest absolute Gasteiger partial charge is 0.244 e. The van der Waals surface area contributed by atoms with E-state index < -0.39 is 0 Å². The minimum Gasteiger partial charge on any atom is -0.244 e. The zero-order valence-electron chi connectivity index (χ0n) is 10.8. The van der Waals surface area contributed by atoms with Gasteiger partial charge in [0.15, 0.2) is 0 Å². The van der Waals surface area contributed by atoms with Crippen molar-refractivity contribution in [2.45, 2.75) is 33.6 Å². The van der Waals surface area contributed by atoms with Crippen LogP contribution < -0.4 is 0 Å². The van der Waals surface area contributed by atoms with Gasteiger partial charge in [-0.3, -0.25) is 0 Å². The first kappa shape index (κ1) is 17.4. The van der Waals surface area contributed by atoms with Crippen LogP contribution in [-0.2, 0) is 0 Å². The van der Waals surface area contributed by atoms with Gasteiger partial charge < -0.3 is 0 Å². The molecule has 0 amide bonds. The Kier molecular flexibility index (Phi) is 9.08. The molecule has 0 fully saturated rings. The lowest BCUT2D eigenvalue weighted by Gasteiger charge is -2.00. The Balaban J connectivity index is 0.000000631. The molecule has 0 saturated heterocycles. The number of hydrogen-bond donors (Lipinski definition) is 0. The molecule has 0 aliphatic rings. The molecule has 0 aromatic carbocycles. The lowest BCUT2D eigenvalue weighted by molar-refractivity contribution is 0.886. The van der Waals surface area contributed by atoms with Crippen LogP contribution in [-0.4, -0.2) is 10.2 Å². The summed E-state index contributed by atoms with van der Waals surface area (Å²) in [5, 5.41) is 0.704. The smallest absolute Gasteiger partial charge is 0.147 e. The summed E-state index contributed by atoms with van der Waals surface area (Å²) in [5.41, 5.74) is 1.50. The third kappa shape index (κ3) is 7.00. The molecular weight excluding hydrogens is 291 g/mol. The second-order valence-corrected chi connectivity index (χ2v) is 4.80. The molecule has 2 nitrogen and oxygen atoms in total. The fourth-order valence-electron chi connectivity index (χ4n) is 0.775. The summed E-state index contributed by atoms with van der Waals surface area (Å²) in [4.78, 5) is 7.93. The molecule has 1 aromatic heterocycles. The fraction of sp³-hybridized carbons (Fsp3) is 0.385. The van der Waals surface area contributed by atoms with E-state index in [1.54, 1.807) is 12.3 Å². The summed E-state index contributed by atoms with van der Waals surface area (Å²) < 4.78 is 0. The van der Waals surface area contributed by atoms with Gasteiger partial charge in [0.05, 0.1) is 10.7 Å². The highest BCUT2D eigenvalue weighted by molar-refractivity contribution is 6.76. The molecule has 0 aliphatic carbocycles. The summed E-state index contributed by atoms with van der Waals surface area (Å²) in [5.74, 6) is 0. The number of pyridine rings is 1. The average molecular weight is 308 g/mol. The first-order valence-electron chi connectivity index (χ1n) is 5.63. The third-order valence-electron chi connectivity index (χ3n) is 1.98. The number of allylic oxidation sites excluding steroid dienone is 1. The van der Waals surface area contributed by atoms with Gasteiger partial charge in [-0.05, 0) is 12.5 Å². The molecule has 0 atom stereocenters. The van der Waals surface area contributed by atoms with E-state index in [1.165, 1.54) is 12.8 Å². The van der Waals surface area contributed by atoms with E-state index in [-0.39, 0.29) is 10.2 Å². The molecule has 1 aromatic rings. The second kappa shape index (κ2) is 9.37. The number of rotatable bonds is 3. The number of unbranched alkanes of at least 4 members (excludes halogenated alkanes) is 1. The monoisotopic (exact) mass is 306 g/mol. The van der Waals surface area contributed by atoms with Crippen molar-refractivity contribution in [3.63, 3.8) is 0 Å². The van der Waals surface area contributed by atoms with Crippen LogP contribution in [0.15, 0.2) is 28.9 Å². The van der Waals surface area contributed by atoms with Gasteiger partial charge in [-0.1, -0.05) is 68.1 Å². The zero-order valence-corrected chi connectivity index (χ0v) is 13.1. The van der Waals surface area contributed by atoms with E-state index in [0.29, 0.717) is 10.8 Å². The molecule has 5 heteroatoms. The molecule has 0 unspecified atom stereocenters. The van der Waals surface area contributed by atoms with Crippen LogP contribution in [0.4, 0.5) is 5.69 Å². The van der Waals surface area contributed by atoms with Gasteiger partial charge in [0.2, 0.25) is 0 Å². The highest BCUT2D eigenvalue weighted by Crippen LogP contribution is 2.23. The zero-order chi connectivity index (χ0) is 14.1. The van der Waals surface area contributed by atoms with Gasteiger partial charge in [-0.15, -0.1) is 0 Å². The maximum absolute atomic E-state index is 5.73. The lowest BCUT2D eigenvalue weighted by atomic mass is 10.3. The number of aryl methyl sites for hydroxylation is 1. The summed E-state index contributed by atoms with van der Waals surface area (Å²) in [7, 11) is 0. The Morgan fingerprint density at radius 1 is 1.33 bits per heavy atom. The molecule has 1 heterocycles. The van der Waals surface area contributed by atoms with E-state index in [4.69, 9.17) is 34.8 Å². The number of nitrogens with zero attached hydrogens (tertiary/aromatic N) is 2. The van der Waals surface area contributed by atoms with Crippen LogP contribution in [0.25, 0.3) is 0 Å². The van der Waals surface area contributed by atoms with Crippen LogP contribution in [0.1, 0.15) is 32.3 Å². The third-order valence-corrected chi connectivity index (χ3v) is 2.78. The van der Waals surface area contributed by atoms with E-state index >= 15 is 0 Å². The first-order valence-corrected chi connectivity index (χ1v) is 6.76. The van der Waals surface area contributed by atoms with Crippen molar-refractivity contribution < 1.29 is 0 Å². The molecule has 0 aliphatic heterocycles. The molecular formula is C13H17Cl3N2. The van der Waals surface area contributed by atoms with Crippen LogP contribution in [0, 0.1) is 6.92 Å². The molecule has 0 spiro atoms. The summed E-state index contributed by atoms with van der Waals surface area (Å²) in [6, 6.07) is 1.61. The predicted molar refractivity (Wildman–Crippen MR) is 82.5 cm³/mol. The second-order valence-electron chi connectivity index (χ2n) is 3.60. The van der Waals surface area contributed by atoms with Crippen molar-refractivity contribution in [1.29, 1.82) is 0 Å². The highest BCUT2D eigenvalue weighted by Gasteiger charge is 2.02. The number of aromatic nitrogens is 1. The van der Waals surface area contributed by atoms with Crippen molar-refractivity contribution in [1.82, 2.24) is 4.98 Å². The van der Waals surface area contributed by atoms with Crippen LogP contribution in [0.3, 0.4) is 0 Å². The molecule has 0 N–H and O–H groups in total. The molecule has 0 bridgehead atoms. The van der Waals surface area contributed by atoms with E-state index in [1.807, 2.05) is 6.92 Å². The lowest BCUT2D eigenvalue weighted by Crippen LogP contribution is -1.86. The van der Waals surface area contributed by atoms with E-state index in [0.717, 1.165) is 5.56 Å². The SMILES string of the molecule is C=C(Cl)C(Cl)=Nc1cc(Cl)ncc1C.CCCC. The number of aliphatic imine (C=N–C) groups is 1. The summed E-state index contributed by atoms with van der Waals surface area (Å²) in [6.45, 7) is 9.67. The maximum atomic E-state index is 5.73. The van der Waals surface area contributed by atoms with Gasteiger partial charge in [0.25, 0.3) is 0 Å². The molecule has 0 radical (unpaired) electrons. The van der Waals surface area contributed by atoms with Gasteiger partial charge in [0, 0.05) is 12.3 Å². The minimum atomic E-state index is 0.150. The predicted octanol–water partition coefficient (Wildman–Crippen LogP) is 5.87. The summed E-state index contributed by atoms with van der Waals surface area (Å²) >= 11 is 17.0. The van der Waals surface area contributed by atoms with Gasteiger partial charge >= 0.3 is 0 Å². The molecule has 100 valence electrons. The van der Waals surface area contributed by atoms with Crippen molar-refractivity contribution >= 4 is 45.7 Å². The Morgan fingerprint density at radius 2 is 1.89 bits per heavy atom. The number of hydrogen-bond acceptors (Lipinski definition) is 2. The summed E-state index contributed by atoms with van der Waals surface area (Å²) in [6.07, 6.45) is 4.25. The molecule has 18 heavy (non-hydrogen) atoms. The van der Waals surface area contributed by atoms with Gasteiger partial charge in [0.1, 0.15) is 10.3 Å². The standard InChI is InChI=1S/C9H7Cl3N2.C4H10/c1-5-4-13-8(11)3-7(5)14-9(12)6(2)10;1-3-4-2/h3-4H,2H2,1H3;3-4H2,1-2H3.